The van der Waals surface area contributed by atoms with E-state index in [4.69, 9.17) is 10.1 Å². The van der Waals surface area contributed by atoms with E-state index in [9.17, 15) is 0 Å². The molecule has 6 rings (SSSR count). The van der Waals surface area contributed by atoms with E-state index in [-0.39, 0.29) is 0 Å². The second-order valence-corrected chi connectivity index (χ2v) is 7.92. The highest BCUT2D eigenvalue weighted by Crippen LogP contribution is 2.56. The minimum atomic E-state index is 0.542. The number of fused-ring (bicyclic) bond motifs is 2. The van der Waals surface area contributed by atoms with Crippen LogP contribution in [0.15, 0.2) is 12.5 Å². The molecule has 0 aromatic carbocycles. The lowest BCUT2D eigenvalue weighted by molar-refractivity contribution is 0.425. The SMILES string of the molecule is Cc1nn(C2CC3CC3C2)cc1Nc1nc(C2CC2)c2[nH]cnc2n1. The molecular weight excluding hydrogens is 314 g/mol. The van der Waals surface area contributed by atoms with Crippen molar-refractivity contribution in [3.05, 3.63) is 23.9 Å². The second kappa shape index (κ2) is 4.80. The summed E-state index contributed by atoms with van der Waals surface area (Å²) in [7, 11) is 0. The maximum Gasteiger partial charge on any atom is 0.229 e. The molecule has 7 heteroatoms. The Bertz CT molecular complexity index is 957. The summed E-state index contributed by atoms with van der Waals surface area (Å²) in [6.45, 7) is 2.05. The molecular formula is C18H21N7. The van der Waals surface area contributed by atoms with Crippen molar-refractivity contribution < 1.29 is 0 Å². The van der Waals surface area contributed by atoms with E-state index in [1.807, 2.05) is 6.92 Å². The lowest BCUT2D eigenvalue weighted by atomic mass is 10.2. The first-order valence-electron chi connectivity index (χ1n) is 9.28. The van der Waals surface area contributed by atoms with E-state index in [2.05, 4.69) is 31.1 Å². The molecule has 3 aromatic rings. The summed E-state index contributed by atoms with van der Waals surface area (Å²) in [4.78, 5) is 16.8. The van der Waals surface area contributed by atoms with Gasteiger partial charge in [0.15, 0.2) is 5.65 Å². The molecule has 0 spiro atoms. The van der Waals surface area contributed by atoms with Crippen molar-refractivity contribution in [1.29, 1.82) is 0 Å². The Morgan fingerprint density at radius 1 is 1.16 bits per heavy atom. The third-order valence-electron chi connectivity index (χ3n) is 6.03. The molecule has 2 atom stereocenters. The summed E-state index contributed by atoms with van der Waals surface area (Å²) in [5, 5.41) is 8.13. The van der Waals surface area contributed by atoms with Crippen molar-refractivity contribution >= 4 is 22.8 Å². The zero-order valence-corrected chi connectivity index (χ0v) is 14.2. The average Bonchev–Trinajstić information content (AvgIpc) is 3.45. The number of anilines is 2. The predicted molar refractivity (Wildman–Crippen MR) is 93.8 cm³/mol. The normalized spacial score (nSPS) is 27.6. The first-order chi connectivity index (χ1) is 12.2. The molecule has 128 valence electrons. The Balaban J connectivity index is 1.32. The fourth-order valence-corrected chi connectivity index (χ4v) is 4.37. The summed E-state index contributed by atoms with van der Waals surface area (Å²) in [6, 6.07) is 0.565. The van der Waals surface area contributed by atoms with Crippen molar-refractivity contribution in [3.8, 4) is 0 Å². The fourth-order valence-electron chi connectivity index (χ4n) is 4.37. The Morgan fingerprint density at radius 2 is 2.00 bits per heavy atom. The molecule has 3 saturated carbocycles. The molecule has 25 heavy (non-hydrogen) atoms. The van der Waals surface area contributed by atoms with E-state index in [1.165, 1.54) is 32.1 Å². The van der Waals surface area contributed by atoms with Crippen LogP contribution in [0.3, 0.4) is 0 Å². The molecule has 2 unspecified atom stereocenters. The molecule has 2 N–H and O–H groups in total. The number of hydrogen-bond donors (Lipinski definition) is 2. The van der Waals surface area contributed by atoms with Gasteiger partial charge >= 0.3 is 0 Å². The Kier molecular flexibility index (Phi) is 2.65. The predicted octanol–water partition coefficient (Wildman–Crippen LogP) is 3.45. The minimum absolute atomic E-state index is 0.542. The van der Waals surface area contributed by atoms with Crippen LogP contribution in [0.25, 0.3) is 11.2 Å². The standard InChI is InChI=1S/C18H21N7/c1-9-14(7-25(24-9)13-5-11-4-12(11)6-13)21-18-22-15(10-2-3-10)16-17(23-18)20-8-19-16/h7-8,10-13H,2-6H2,1H3,(H2,19,20,21,22,23). The van der Waals surface area contributed by atoms with Crippen LogP contribution in [0, 0.1) is 18.8 Å². The lowest BCUT2D eigenvalue weighted by Gasteiger charge is -2.11. The Hall–Kier alpha value is -2.44. The molecule has 3 fully saturated rings. The highest BCUT2D eigenvalue weighted by molar-refractivity contribution is 5.76. The van der Waals surface area contributed by atoms with E-state index in [1.54, 1.807) is 6.33 Å². The molecule has 0 saturated heterocycles. The molecule has 0 bridgehead atoms. The van der Waals surface area contributed by atoms with E-state index in [0.29, 0.717) is 17.9 Å². The third-order valence-corrected chi connectivity index (χ3v) is 6.03. The summed E-state index contributed by atoms with van der Waals surface area (Å²) in [6.07, 6.45) is 10.2. The molecule has 0 radical (unpaired) electrons. The topological polar surface area (TPSA) is 84.3 Å². The number of aryl methyl sites for hydroxylation is 1. The average molecular weight is 335 g/mol. The number of aromatic nitrogens is 6. The molecule has 3 aromatic heterocycles. The van der Waals surface area contributed by atoms with E-state index >= 15 is 0 Å². The number of rotatable bonds is 4. The van der Waals surface area contributed by atoms with Crippen molar-refractivity contribution in [1.82, 2.24) is 29.7 Å². The van der Waals surface area contributed by atoms with Crippen LogP contribution in [0.4, 0.5) is 11.6 Å². The number of nitrogens with one attached hydrogen (secondary N) is 2. The maximum absolute atomic E-state index is 4.77. The van der Waals surface area contributed by atoms with Gasteiger partial charge in [-0.25, -0.2) is 9.97 Å². The van der Waals surface area contributed by atoms with Crippen LogP contribution >= 0.6 is 0 Å². The molecule has 3 heterocycles. The smallest absolute Gasteiger partial charge is 0.229 e. The van der Waals surface area contributed by atoms with Crippen LogP contribution in [0.5, 0.6) is 0 Å². The van der Waals surface area contributed by atoms with Crippen LogP contribution in [0.1, 0.15) is 55.5 Å². The lowest BCUT2D eigenvalue weighted by Crippen LogP contribution is -2.07. The number of nitrogens with zero attached hydrogens (tertiary/aromatic N) is 5. The fraction of sp³-hybridized carbons (Fsp3) is 0.556. The van der Waals surface area contributed by atoms with Gasteiger partial charge in [0.1, 0.15) is 5.52 Å². The Labute approximate surface area is 145 Å². The molecule has 0 aliphatic heterocycles. The highest BCUT2D eigenvalue weighted by Gasteiger charge is 2.46. The van der Waals surface area contributed by atoms with Crippen molar-refractivity contribution in [2.75, 3.05) is 5.32 Å². The van der Waals surface area contributed by atoms with Gasteiger partial charge < -0.3 is 10.3 Å². The van der Waals surface area contributed by atoms with Crippen LogP contribution in [0.2, 0.25) is 0 Å². The molecule has 0 amide bonds. The highest BCUT2D eigenvalue weighted by atomic mass is 15.3. The summed E-state index contributed by atoms with van der Waals surface area (Å²) in [5.74, 6) is 3.08. The molecule has 7 nitrogen and oxygen atoms in total. The van der Waals surface area contributed by atoms with Crippen LogP contribution < -0.4 is 5.32 Å². The minimum Gasteiger partial charge on any atom is -0.342 e. The van der Waals surface area contributed by atoms with Crippen molar-refractivity contribution in [2.45, 2.75) is 51.0 Å². The molecule has 3 aliphatic rings. The Morgan fingerprint density at radius 3 is 2.80 bits per heavy atom. The van der Waals surface area contributed by atoms with Gasteiger partial charge in [-0.1, -0.05) is 0 Å². The quantitative estimate of drug-likeness (QED) is 0.763. The first-order valence-corrected chi connectivity index (χ1v) is 9.28. The van der Waals surface area contributed by atoms with Gasteiger partial charge in [0.05, 0.1) is 29.4 Å². The van der Waals surface area contributed by atoms with Gasteiger partial charge in [0.2, 0.25) is 5.95 Å². The van der Waals surface area contributed by atoms with Gasteiger partial charge in [-0.3, -0.25) is 4.68 Å². The summed E-state index contributed by atoms with van der Waals surface area (Å²) < 4.78 is 2.15. The van der Waals surface area contributed by atoms with Gasteiger partial charge in [-0.2, -0.15) is 10.1 Å². The largest absolute Gasteiger partial charge is 0.342 e. The van der Waals surface area contributed by atoms with E-state index < -0.39 is 0 Å². The molecule has 3 aliphatic carbocycles. The zero-order chi connectivity index (χ0) is 16.5. The number of hydrogen-bond acceptors (Lipinski definition) is 5. The summed E-state index contributed by atoms with van der Waals surface area (Å²) >= 11 is 0. The van der Waals surface area contributed by atoms with E-state index in [0.717, 1.165) is 40.1 Å². The maximum atomic E-state index is 4.77. The monoisotopic (exact) mass is 335 g/mol. The van der Waals surface area contributed by atoms with Crippen molar-refractivity contribution in [3.63, 3.8) is 0 Å². The second-order valence-electron chi connectivity index (χ2n) is 7.92. The van der Waals surface area contributed by atoms with Gasteiger partial charge in [-0.05, 0) is 50.9 Å². The van der Waals surface area contributed by atoms with Gasteiger partial charge in [-0.15, -0.1) is 0 Å². The van der Waals surface area contributed by atoms with Crippen molar-refractivity contribution in [2.24, 2.45) is 11.8 Å². The first kappa shape index (κ1) is 13.8. The number of imidazole rings is 1. The number of aromatic amines is 1. The van der Waals surface area contributed by atoms with Gasteiger partial charge in [0.25, 0.3) is 0 Å². The third kappa shape index (κ3) is 2.25. The van der Waals surface area contributed by atoms with Crippen LogP contribution in [-0.2, 0) is 0 Å². The number of H-pyrrole nitrogens is 1. The van der Waals surface area contributed by atoms with Gasteiger partial charge in [0, 0.05) is 12.1 Å². The summed E-state index contributed by atoms with van der Waals surface area (Å²) in [5.41, 5.74) is 4.80. The zero-order valence-electron chi connectivity index (χ0n) is 14.2. The van der Waals surface area contributed by atoms with Crippen LogP contribution in [-0.4, -0.2) is 29.7 Å².